The highest BCUT2D eigenvalue weighted by molar-refractivity contribution is 5.06. The first-order chi connectivity index (χ1) is 8.42. The molecule has 0 aliphatic heterocycles. The molecule has 1 heterocycles. The Kier molecular flexibility index (Phi) is 3.81. The number of imidazole rings is 1. The van der Waals surface area contributed by atoms with Crippen LogP contribution in [0.4, 0.5) is 0 Å². The molecule has 1 fully saturated rings. The molecule has 3 nitrogen and oxygen atoms in total. The second kappa shape index (κ2) is 5.04. The molecule has 1 aromatic rings. The maximum Gasteiger partial charge on any atom is 0.110 e. The zero-order chi connectivity index (χ0) is 13.3. The monoisotopic (exact) mass is 249 g/mol. The van der Waals surface area contributed by atoms with Crippen LogP contribution >= 0.6 is 0 Å². The van der Waals surface area contributed by atoms with Gasteiger partial charge in [0.1, 0.15) is 5.82 Å². The minimum Gasteiger partial charge on any atom is -0.338 e. The Balaban J connectivity index is 2.21. The molecule has 0 radical (unpaired) electrons. The Hall–Kier alpha value is -0.830. The summed E-state index contributed by atoms with van der Waals surface area (Å²) in [5.41, 5.74) is 6.72. The van der Waals surface area contributed by atoms with Gasteiger partial charge in [-0.3, -0.25) is 0 Å². The predicted molar refractivity (Wildman–Crippen MR) is 75.2 cm³/mol. The summed E-state index contributed by atoms with van der Waals surface area (Å²) in [4.78, 5) is 4.46. The second-order valence-electron chi connectivity index (χ2n) is 6.60. The molecule has 18 heavy (non-hydrogen) atoms. The first kappa shape index (κ1) is 13.6. The van der Waals surface area contributed by atoms with Crippen molar-refractivity contribution in [1.29, 1.82) is 0 Å². The molecular formula is C15H27N3. The number of aryl methyl sites for hydroxylation is 1. The first-order valence-corrected chi connectivity index (χ1v) is 7.17. The summed E-state index contributed by atoms with van der Waals surface area (Å²) in [6.45, 7) is 6.94. The van der Waals surface area contributed by atoms with Gasteiger partial charge in [0.2, 0.25) is 0 Å². The molecule has 1 aliphatic rings. The summed E-state index contributed by atoms with van der Waals surface area (Å²) in [5.74, 6) is 3.13. The van der Waals surface area contributed by atoms with Crippen molar-refractivity contribution in [2.75, 3.05) is 0 Å². The van der Waals surface area contributed by atoms with Crippen LogP contribution in [0.5, 0.6) is 0 Å². The van der Waals surface area contributed by atoms with Crippen LogP contribution in [0.1, 0.15) is 45.9 Å². The fourth-order valence-corrected chi connectivity index (χ4v) is 3.72. The van der Waals surface area contributed by atoms with Gasteiger partial charge in [0.25, 0.3) is 0 Å². The van der Waals surface area contributed by atoms with E-state index >= 15 is 0 Å². The smallest absolute Gasteiger partial charge is 0.110 e. The van der Waals surface area contributed by atoms with Crippen molar-refractivity contribution in [3.63, 3.8) is 0 Å². The van der Waals surface area contributed by atoms with Gasteiger partial charge >= 0.3 is 0 Å². The molecule has 3 atom stereocenters. The topological polar surface area (TPSA) is 43.8 Å². The molecule has 1 aliphatic carbocycles. The summed E-state index contributed by atoms with van der Waals surface area (Å²) >= 11 is 0. The third-order valence-electron chi connectivity index (χ3n) is 4.65. The van der Waals surface area contributed by atoms with E-state index in [0.29, 0.717) is 11.8 Å². The molecule has 1 saturated carbocycles. The second-order valence-corrected chi connectivity index (χ2v) is 6.60. The van der Waals surface area contributed by atoms with E-state index < -0.39 is 0 Å². The van der Waals surface area contributed by atoms with E-state index in [0.717, 1.165) is 24.6 Å². The Bertz CT molecular complexity index is 396. The van der Waals surface area contributed by atoms with Crippen molar-refractivity contribution >= 4 is 0 Å². The van der Waals surface area contributed by atoms with Crippen molar-refractivity contribution in [3.8, 4) is 0 Å². The van der Waals surface area contributed by atoms with Gasteiger partial charge in [-0.05, 0) is 30.6 Å². The highest BCUT2D eigenvalue weighted by Crippen LogP contribution is 2.41. The molecule has 0 saturated heterocycles. The van der Waals surface area contributed by atoms with Gasteiger partial charge in [0.05, 0.1) is 0 Å². The van der Waals surface area contributed by atoms with Crippen LogP contribution in [0, 0.1) is 17.8 Å². The lowest BCUT2D eigenvalue weighted by Crippen LogP contribution is -2.54. The van der Waals surface area contributed by atoms with E-state index in [2.05, 4.69) is 37.4 Å². The van der Waals surface area contributed by atoms with Crippen molar-refractivity contribution in [2.24, 2.45) is 30.5 Å². The number of hydrogen-bond donors (Lipinski definition) is 1. The molecule has 3 unspecified atom stereocenters. The molecule has 102 valence electrons. The van der Waals surface area contributed by atoms with Crippen molar-refractivity contribution in [2.45, 2.75) is 52.0 Å². The molecule has 0 amide bonds. The molecule has 1 aromatic heterocycles. The number of rotatable bonds is 3. The lowest BCUT2D eigenvalue weighted by Gasteiger charge is -2.46. The Morgan fingerprint density at radius 1 is 1.50 bits per heavy atom. The van der Waals surface area contributed by atoms with Gasteiger partial charge < -0.3 is 10.3 Å². The van der Waals surface area contributed by atoms with Gasteiger partial charge in [-0.2, -0.15) is 0 Å². The zero-order valence-electron chi connectivity index (χ0n) is 12.2. The highest BCUT2D eigenvalue weighted by Gasteiger charge is 2.41. The van der Waals surface area contributed by atoms with Crippen LogP contribution in [0.25, 0.3) is 0 Å². The number of nitrogens with zero attached hydrogens (tertiary/aromatic N) is 2. The lowest BCUT2D eigenvalue weighted by atomic mass is 9.64. The summed E-state index contributed by atoms with van der Waals surface area (Å²) < 4.78 is 2.10. The van der Waals surface area contributed by atoms with E-state index in [9.17, 15) is 0 Å². The molecule has 0 spiro atoms. The van der Waals surface area contributed by atoms with E-state index in [4.69, 9.17) is 5.73 Å². The van der Waals surface area contributed by atoms with Gasteiger partial charge in [0.15, 0.2) is 0 Å². The fraction of sp³-hybridized carbons (Fsp3) is 0.800. The van der Waals surface area contributed by atoms with E-state index in [1.165, 1.54) is 12.8 Å². The van der Waals surface area contributed by atoms with Crippen LogP contribution < -0.4 is 5.73 Å². The van der Waals surface area contributed by atoms with Crippen LogP contribution in [0.15, 0.2) is 12.4 Å². The highest BCUT2D eigenvalue weighted by atomic mass is 15.0. The normalized spacial score (nSPS) is 33.0. The summed E-state index contributed by atoms with van der Waals surface area (Å²) in [7, 11) is 2.06. The summed E-state index contributed by atoms with van der Waals surface area (Å²) in [5, 5.41) is 0. The Labute approximate surface area is 111 Å². The third-order valence-corrected chi connectivity index (χ3v) is 4.65. The Morgan fingerprint density at radius 3 is 2.78 bits per heavy atom. The number of aromatic nitrogens is 2. The zero-order valence-corrected chi connectivity index (χ0v) is 12.2. The Morgan fingerprint density at radius 2 is 2.22 bits per heavy atom. The lowest BCUT2D eigenvalue weighted by molar-refractivity contribution is 0.107. The van der Waals surface area contributed by atoms with E-state index in [1.54, 1.807) is 0 Å². The summed E-state index contributed by atoms with van der Waals surface area (Å²) in [6, 6.07) is 0. The van der Waals surface area contributed by atoms with E-state index in [1.807, 2.05) is 12.4 Å². The van der Waals surface area contributed by atoms with Gasteiger partial charge in [-0.1, -0.05) is 27.2 Å². The van der Waals surface area contributed by atoms with E-state index in [-0.39, 0.29) is 5.54 Å². The van der Waals surface area contributed by atoms with Crippen LogP contribution in [0.2, 0.25) is 0 Å². The SMILES string of the molecule is CC1CCC(C(C)C)C(N)(Cc2nccn2C)C1. The average Bonchev–Trinajstić information content (AvgIpc) is 2.62. The molecule has 0 aromatic carbocycles. The van der Waals surface area contributed by atoms with Gasteiger partial charge in [-0.15, -0.1) is 0 Å². The predicted octanol–water partition coefficient (Wildman–Crippen LogP) is 2.75. The average molecular weight is 249 g/mol. The van der Waals surface area contributed by atoms with Crippen molar-refractivity contribution in [1.82, 2.24) is 9.55 Å². The number of nitrogens with two attached hydrogens (primary N) is 1. The molecule has 3 heteroatoms. The maximum absolute atomic E-state index is 6.80. The van der Waals surface area contributed by atoms with Gasteiger partial charge in [-0.25, -0.2) is 4.98 Å². The molecule has 2 N–H and O–H groups in total. The minimum atomic E-state index is -0.0784. The fourth-order valence-electron chi connectivity index (χ4n) is 3.72. The number of hydrogen-bond acceptors (Lipinski definition) is 2. The minimum absolute atomic E-state index is 0.0784. The largest absolute Gasteiger partial charge is 0.338 e. The van der Waals surface area contributed by atoms with Crippen LogP contribution in [-0.4, -0.2) is 15.1 Å². The quantitative estimate of drug-likeness (QED) is 0.895. The summed E-state index contributed by atoms with van der Waals surface area (Å²) in [6.07, 6.45) is 8.50. The van der Waals surface area contributed by atoms with Crippen molar-refractivity contribution in [3.05, 3.63) is 18.2 Å². The van der Waals surface area contributed by atoms with Crippen LogP contribution in [-0.2, 0) is 13.5 Å². The standard InChI is InChI=1S/C15H27N3/c1-11(2)13-6-5-12(3)9-15(13,16)10-14-17-7-8-18(14)4/h7-8,11-13H,5-6,9-10,16H2,1-4H3. The van der Waals surface area contributed by atoms with Gasteiger partial charge in [0, 0.05) is 31.4 Å². The maximum atomic E-state index is 6.80. The first-order valence-electron chi connectivity index (χ1n) is 7.17. The molecule has 0 bridgehead atoms. The van der Waals surface area contributed by atoms with Crippen LogP contribution in [0.3, 0.4) is 0 Å². The molecular weight excluding hydrogens is 222 g/mol. The third kappa shape index (κ3) is 2.61. The van der Waals surface area contributed by atoms with Crippen molar-refractivity contribution < 1.29 is 0 Å². The molecule has 2 rings (SSSR count).